The highest BCUT2D eigenvalue weighted by molar-refractivity contribution is 8.00. The number of nitrogens with one attached hydrogen (secondary N) is 1. The molecule has 2 heterocycles. The van der Waals surface area contributed by atoms with Crippen molar-refractivity contribution < 1.29 is 9.53 Å². The first-order chi connectivity index (χ1) is 15.9. The lowest BCUT2D eigenvalue weighted by Crippen LogP contribution is -2.22. The quantitative estimate of drug-likeness (QED) is 0.284. The number of hydrogen-bond donors (Lipinski definition) is 1. The molecule has 170 valence electrons. The van der Waals surface area contributed by atoms with E-state index in [1.165, 1.54) is 28.2 Å². The van der Waals surface area contributed by atoms with Gasteiger partial charge in [-0.05, 0) is 49.2 Å². The van der Waals surface area contributed by atoms with E-state index in [1.54, 1.807) is 30.7 Å². The van der Waals surface area contributed by atoms with Crippen LogP contribution in [-0.2, 0) is 10.5 Å². The first kappa shape index (κ1) is 23.2. The summed E-state index contributed by atoms with van der Waals surface area (Å²) in [6.45, 7) is 5.66. The minimum Gasteiger partial charge on any atom is -0.497 e. The van der Waals surface area contributed by atoms with Gasteiger partial charge in [-0.2, -0.15) is 0 Å². The van der Waals surface area contributed by atoms with E-state index in [0.717, 1.165) is 32.7 Å². The van der Waals surface area contributed by atoms with Crippen LogP contribution in [0.15, 0.2) is 52.2 Å². The zero-order chi connectivity index (χ0) is 23.4. The van der Waals surface area contributed by atoms with E-state index in [9.17, 15) is 4.79 Å². The van der Waals surface area contributed by atoms with Crippen LogP contribution in [-0.4, -0.2) is 28.2 Å². The van der Waals surface area contributed by atoms with E-state index in [2.05, 4.69) is 22.4 Å². The standard InChI is InChI=1S/C23H23N5O2S3/c1-14-8-9-19(10-15(14)2)28(16(3)29)22-25-18(12-31-22)13-32-23-27-26-21(33-23)24-17-6-5-7-20(11-17)30-4/h5-12H,13H2,1-4H3,(H,24,26). The third kappa shape index (κ3) is 5.70. The fourth-order valence-corrected chi connectivity index (χ4v) is 5.69. The number of thiazole rings is 1. The van der Waals surface area contributed by atoms with Gasteiger partial charge in [0.25, 0.3) is 0 Å². The second-order valence-corrected chi connectivity index (χ2v) is 10.3. The SMILES string of the molecule is COc1cccc(Nc2nnc(SCc3csc(N(C(C)=O)c4ccc(C)c(C)c4)n3)s2)c1. The molecule has 1 N–H and O–H groups in total. The van der Waals surface area contributed by atoms with Crippen LogP contribution in [0.25, 0.3) is 0 Å². The lowest BCUT2D eigenvalue weighted by atomic mass is 10.1. The number of rotatable bonds is 8. The van der Waals surface area contributed by atoms with Crippen molar-refractivity contribution in [1.82, 2.24) is 15.2 Å². The number of benzene rings is 2. The van der Waals surface area contributed by atoms with Crippen LogP contribution in [0.3, 0.4) is 0 Å². The van der Waals surface area contributed by atoms with Crippen LogP contribution >= 0.6 is 34.4 Å². The zero-order valence-electron chi connectivity index (χ0n) is 18.7. The van der Waals surface area contributed by atoms with Gasteiger partial charge in [0, 0.05) is 29.8 Å². The number of hydrogen-bond acceptors (Lipinski definition) is 9. The summed E-state index contributed by atoms with van der Waals surface area (Å²) in [5.74, 6) is 1.35. The molecule has 4 aromatic rings. The Kier molecular flexibility index (Phi) is 7.26. The lowest BCUT2D eigenvalue weighted by molar-refractivity contribution is -0.115. The molecule has 33 heavy (non-hydrogen) atoms. The first-order valence-corrected chi connectivity index (χ1v) is 12.8. The Morgan fingerprint density at radius 3 is 2.76 bits per heavy atom. The monoisotopic (exact) mass is 497 g/mol. The molecule has 10 heteroatoms. The van der Waals surface area contributed by atoms with Gasteiger partial charge in [0.2, 0.25) is 11.0 Å². The molecular weight excluding hydrogens is 474 g/mol. The minimum atomic E-state index is -0.0656. The molecule has 7 nitrogen and oxygen atoms in total. The first-order valence-electron chi connectivity index (χ1n) is 10.1. The fourth-order valence-electron chi connectivity index (χ4n) is 3.04. The van der Waals surface area contributed by atoms with Crippen molar-refractivity contribution in [2.45, 2.75) is 30.9 Å². The van der Waals surface area contributed by atoms with E-state index in [-0.39, 0.29) is 5.91 Å². The number of methoxy groups -OCH3 is 1. The number of carbonyl (C=O) groups excluding carboxylic acids is 1. The van der Waals surface area contributed by atoms with Crippen molar-refractivity contribution in [3.8, 4) is 5.75 Å². The van der Waals surface area contributed by atoms with E-state index >= 15 is 0 Å². The maximum absolute atomic E-state index is 12.4. The fraction of sp³-hybridized carbons (Fsp3) is 0.217. The Morgan fingerprint density at radius 2 is 2.00 bits per heavy atom. The molecule has 0 aliphatic heterocycles. The van der Waals surface area contributed by atoms with Crippen molar-refractivity contribution in [1.29, 1.82) is 0 Å². The van der Waals surface area contributed by atoms with Crippen molar-refractivity contribution in [2.24, 2.45) is 0 Å². The molecule has 0 saturated heterocycles. The summed E-state index contributed by atoms with van der Waals surface area (Å²) in [4.78, 5) is 18.7. The van der Waals surface area contributed by atoms with Gasteiger partial charge in [0.05, 0.1) is 18.5 Å². The third-order valence-corrected chi connectivity index (χ3v) is 7.75. The number of anilines is 4. The number of aryl methyl sites for hydroxylation is 2. The van der Waals surface area contributed by atoms with E-state index < -0.39 is 0 Å². The second-order valence-electron chi connectivity index (χ2n) is 7.26. The highest BCUT2D eigenvalue weighted by Gasteiger charge is 2.19. The van der Waals surface area contributed by atoms with Crippen molar-refractivity contribution >= 4 is 62.0 Å². The number of nitrogens with zero attached hydrogens (tertiary/aromatic N) is 4. The summed E-state index contributed by atoms with van der Waals surface area (Å²) in [6.07, 6.45) is 0. The van der Waals surface area contributed by atoms with Gasteiger partial charge >= 0.3 is 0 Å². The molecule has 0 unspecified atom stereocenters. The number of carbonyl (C=O) groups is 1. The van der Waals surface area contributed by atoms with Crippen LogP contribution in [0.1, 0.15) is 23.7 Å². The number of aromatic nitrogens is 3. The Labute approximate surface area is 204 Å². The maximum Gasteiger partial charge on any atom is 0.230 e. The third-order valence-electron chi connectivity index (χ3n) is 4.87. The number of thioether (sulfide) groups is 1. The molecule has 0 spiro atoms. The van der Waals surface area contributed by atoms with Crippen LogP contribution in [0.2, 0.25) is 0 Å². The molecule has 1 amide bonds. The Bertz CT molecular complexity index is 1270. The summed E-state index contributed by atoms with van der Waals surface area (Å²) in [5, 5.41) is 15.1. The van der Waals surface area contributed by atoms with Crippen molar-refractivity contribution in [2.75, 3.05) is 17.3 Å². The summed E-state index contributed by atoms with van der Waals surface area (Å²) >= 11 is 4.51. The topological polar surface area (TPSA) is 80.2 Å². The normalized spacial score (nSPS) is 10.8. The average Bonchev–Trinajstić information content (AvgIpc) is 3.44. The predicted octanol–water partition coefficient (Wildman–Crippen LogP) is 6.34. The molecule has 0 radical (unpaired) electrons. The van der Waals surface area contributed by atoms with Gasteiger partial charge in [-0.3, -0.25) is 9.69 Å². The van der Waals surface area contributed by atoms with Gasteiger partial charge in [-0.1, -0.05) is 35.2 Å². The Hall–Kier alpha value is -2.95. The van der Waals surface area contributed by atoms with Crippen LogP contribution in [0.5, 0.6) is 5.75 Å². The van der Waals surface area contributed by atoms with Crippen LogP contribution in [0.4, 0.5) is 21.6 Å². The summed E-state index contributed by atoms with van der Waals surface area (Å²) in [6, 6.07) is 13.7. The van der Waals surface area contributed by atoms with Gasteiger partial charge in [0.15, 0.2) is 9.47 Å². The molecule has 0 atom stereocenters. The Morgan fingerprint density at radius 1 is 1.15 bits per heavy atom. The van der Waals surface area contributed by atoms with E-state index in [4.69, 9.17) is 9.72 Å². The van der Waals surface area contributed by atoms with E-state index in [0.29, 0.717) is 16.0 Å². The van der Waals surface area contributed by atoms with Gasteiger partial charge in [-0.15, -0.1) is 21.5 Å². The van der Waals surface area contributed by atoms with E-state index in [1.807, 2.05) is 54.8 Å². The van der Waals surface area contributed by atoms with Gasteiger partial charge in [0.1, 0.15) is 5.75 Å². The summed E-state index contributed by atoms with van der Waals surface area (Å²) < 4.78 is 6.09. The largest absolute Gasteiger partial charge is 0.497 e. The predicted molar refractivity (Wildman–Crippen MR) is 137 cm³/mol. The highest BCUT2D eigenvalue weighted by atomic mass is 32.2. The van der Waals surface area contributed by atoms with Gasteiger partial charge < -0.3 is 10.1 Å². The van der Waals surface area contributed by atoms with Crippen LogP contribution in [0, 0.1) is 13.8 Å². The molecular formula is C23H23N5O2S3. The Balaban J connectivity index is 1.41. The van der Waals surface area contributed by atoms with Crippen LogP contribution < -0.4 is 15.0 Å². The number of amides is 1. The second kappa shape index (κ2) is 10.3. The lowest BCUT2D eigenvalue weighted by Gasteiger charge is -2.19. The smallest absolute Gasteiger partial charge is 0.230 e. The van der Waals surface area contributed by atoms with Crippen molar-refractivity contribution in [3.63, 3.8) is 0 Å². The summed E-state index contributed by atoms with van der Waals surface area (Å²) in [5.41, 5.74) is 4.95. The average molecular weight is 498 g/mol. The molecule has 2 aromatic carbocycles. The summed E-state index contributed by atoms with van der Waals surface area (Å²) in [7, 11) is 1.64. The molecule has 0 aliphatic carbocycles. The molecule has 2 aromatic heterocycles. The molecule has 0 saturated carbocycles. The molecule has 0 aliphatic rings. The zero-order valence-corrected chi connectivity index (χ0v) is 21.1. The molecule has 0 fully saturated rings. The maximum atomic E-state index is 12.4. The van der Waals surface area contributed by atoms with Gasteiger partial charge in [-0.25, -0.2) is 4.98 Å². The molecule has 0 bridgehead atoms. The minimum absolute atomic E-state index is 0.0656. The van der Waals surface area contributed by atoms with Crippen molar-refractivity contribution in [3.05, 3.63) is 64.7 Å². The highest BCUT2D eigenvalue weighted by Crippen LogP contribution is 2.34. The molecule has 4 rings (SSSR count). The number of ether oxygens (including phenoxy) is 1.